The van der Waals surface area contributed by atoms with E-state index in [1.165, 1.54) is 0 Å². The van der Waals surface area contributed by atoms with Gasteiger partial charge in [-0.25, -0.2) is 4.98 Å². The van der Waals surface area contributed by atoms with Crippen molar-refractivity contribution in [2.24, 2.45) is 0 Å². The Bertz CT molecular complexity index is 484. The average molecular weight is 229 g/mol. The van der Waals surface area contributed by atoms with E-state index in [-0.39, 0.29) is 0 Å². The molecule has 0 bridgehead atoms. The minimum absolute atomic E-state index is 0.548. The van der Waals surface area contributed by atoms with Crippen molar-refractivity contribution in [3.63, 3.8) is 0 Å². The smallest absolute Gasteiger partial charge is 0.165 e. The van der Waals surface area contributed by atoms with Crippen molar-refractivity contribution in [1.29, 1.82) is 5.26 Å². The molecule has 0 fully saturated rings. The zero-order valence-electron chi connectivity index (χ0n) is 8.68. The van der Waals surface area contributed by atoms with Gasteiger partial charge in [-0.2, -0.15) is 5.26 Å². The molecule has 0 amide bonds. The van der Waals surface area contributed by atoms with Crippen molar-refractivity contribution < 1.29 is 0 Å². The molecule has 1 aromatic carbocycles. The Morgan fingerprint density at radius 3 is 2.88 bits per heavy atom. The quantitative estimate of drug-likeness (QED) is 0.647. The number of H-pyrrole nitrogens is 1. The molecule has 0 saturated carbocycles. The minimum Gasteiger partial charge on any atom is -0.333 e. The minimum atomic E-state index is 0.548. The van der Waals surface area contributed by atoms with Gasteiger partial charge in [0.1, 0.15) is 0 Å². The molecule has 4 heteroatoms. The van der Waals surface area contributed by atoms with E-state index in [0.29, 0.717) is 6.42 Å². The number of thioether (sulfide) groups is 1. The zero-order valence-corrected chi connectivity index (χ0v) is 9.50. The second kappa shape index (κ2) is 5.38. The standard InChI is InChI=1S/C12H11N3S/c13-7-4-8-16-12-14-9-11(15-12)10-5-2-1-3-6-10/h1-3,5-6,9H,4,8H2,(H,14,15). The van der Waals surface area contributed by atoms with Crippen LogP contribution < -0.4 is 0 Å². The first kappa shape index (κ1) is 10.8. The molecule has 0 aliphatic heterocycles. The zero-order chi connectivity index (χ0) is 11.2. The molecule has 1 heterocycles. The first-order valence-corrected chi connectivity index (χ1v) is 5.99. The summed E-state index contributed by atoms with van der Waals surface area (Å²) in [5.74, 6) is 0.776. The number of hydrogen-bond acceptors (Lipinski definition) is 3. The van der Waals surface area contributed by atoms with Gasteiger partial charge in [0.2, 0.25) is 0 Å². The Balaban J connectivity index is 2.06. The topological polar surface area (TPSA) is 52.5 Å². The summed E-state index contributed by atoms with van der Waals surface area (Å²) in [5, 5.41) is 9.30. The van der Waals surface area contributed by atoms with Crippen LogP contribution in [0.5, 0.6) is 0 Å². The highest BCUT2D eigenvalue weighted by Crippen LogP contribution is 2.21. The molecule has 3 nitrogen and oxygen atoms in total. The van der Waals surface area contributed by atoms with Gasteiger partial charge in [0.15, 0.2) is 5.16 Å². The first-order valence-electron chi connectivity index (χ1n) is 5.00. The molecule has 0 unspecified atom stereocenters. The predicted octanol–water partition coefficient (Wildman–Crippen LogP) is 3.08. The van der Waals surface area contributed by atoms with Crippen LogP contribution in [0.25, 0.3) is 11.3 Å². The molecular weight excluding hydrogens is 218 g/mol. The van der Waals surface area contributed by atoms with Gasteiger partial charge < -0.3 is 4.98 Å². The second-order valence-electron chi connectivity index (χ2n) is 3.22. The van der Waals surface area contributed by atoms with Crippen LogP contribution in [0, 0.1) is 11.3 Å². The Morgan fingerprint density at radius 1 is 1.31 bits per heavy atom. The fourth-order valence-electron chi connectivity index (χ4n) is 1.33. The van der Waals surface area contributed by atoms with Gasteiger partial charge in [0.25, 0.3) is 0 Å². The molecule has 80 valence electrons. The summed E-state index contributed by atoms with van der Waals surface area (Å²) >= 11 is 1.57. The Kier molecular flexibility index (Phi) is 3.62. The lowest BCUT2D eigenvalue weighted by atomic mass is 10.2. The van der Waals surface area contributed by atoms with E-state index >= 15 is 0 Å². The monoisotopic (exact) mass is 229 g/mol. The summed E-state index contributed by atoms with van der Waals surface area (Å²) in [6.45, 7) is 0. The highest BCUT2D eigenvalue weighted by Gasteiger charge is 2.02. The first-order chi connectivity index (χ1) is 7.90. The van der Waals surface area contributed by atoms with Crippen molar-refractivity contribution >= 4 is 11.8 Å². The number of rotatable bonds is 4. The molecular formula is C12H11N3S. The number of benzene rings is 1. The van der Waals surface area contributed by atoms with Gasteiger partial charge in [0, 0.05) is 12.2 Å². The number of imidazole rings is 1. The van der Waals surface area contributed by atoms with Crippen molar-refractivity contribution in [3.8, 4) is 17.3 Å². The molecule has 0 spiro atoms. The van der Waals surface area contributed by atoms with Crippen LogP contribution in [-0.2, 0) is 0 Å². The Hall–Kier alpha value is -1.73. The lowest BCUT2D eigenvalue weighted by Crippen LogP contribution is -1.80. The fourth-order valence-corrected chi connectivity index (χ4v) is 2.03. The summed E-state index contributed by atoms with van der Waals surface area (Å²) in [4.78, 5) is 7.49. The van der Waals surface area contributed by atoms with E-state index in [9.17, 15) is 0 Å². The van der Waals surface area contributed by atoms with Crippen molar-refractivity contribution in [3.05, 3.63) is 36.5 Å². The van der Waals surface area contributed by atoms with E-state index in [2.05, 4.69) is 16.0 Å². The number of aromatic nitrogens is 2. The van der Waals surface area contributed by atoms with E-state index in [0.717, 1.165) is 22.2 Å². The van der Waals surface area contributed by atoms with Gasteiger partial charge in [0.05, 0.1) is 18.0 Å². The number of hydrogen-bond donors (Lipinski definition) is 1. The van der Waals surface area contributed by atoms with E-state index < -0.39 is 0 Å². The third-order valence-corrected chi connectivity index (χ3v) is 2.98. The lowest BCUT2D eigenvalue weighted by Gasteiger charge is -1.95. The molecule has 2 aromatic rings. The highest BCUT2D eigenvalue weighted by atomic mass is 32.2. The molecule has 1 N–H and O–H groups in total. The third-order valence-electron chi connectivity index (χ3n) is 2.09. The van der Waals surface area contributed by atoms with Crippen LogP contribution >= 0.6 is 11.8 Å². The molecule has 0 atom stereocenters. The largest absolute Gasteiger partial charge is 0.333 e. The van der Waals surface area contributed by atoms with Crippen LogP contribution in [0.1, 0.15) is 6.42 Å². The van der Waals surface area contributed by atoms with Crippen LogP contribution in [0.3, 0.4) is 0 Å². The molecule has 0 radical (unpaired) electrons. The number of aromatic amines is 1. The molecule has 0 aliphatic rings. The summed E-state index contributed by atoms with van der Waals surface area (Å²) < 4.78 is 0. The van der Waals surface area contributed by atoms with Crippen molar-refractivity contribution in [1.82, 2.24) is 9.97 Å². The van der Waals surface area contributed by atoms with Gasteiger partial charge in [-0.1, -0.05) is 42.1 Å². The summed E-state index contributed by atoms with van der Waals surface area (Å²) in [7, 11) is 0. The molecule has 0 saturated heterocycles. The molecule has 2 rings (SSSR count). The Labute approximate surface area is 98.5 Å². The van der Waals surface area contributed by atoms with Crippen molar-refractivity contribution in [2.45, 2.75) is 11.6 Å². The summed E-state index contributed by atoms with van der Waals surface area (Å²) in [6.07, 6.45) is 2.37. The van der Waals surface area contributed by atoms with E-state index in [1.807, 2.05) is 36.5 Å². The van der Waals surface area contributed by atoms with Gasteiger partial charge in [-0.15, -0.1) is 0 Å². The SMILES string of the molecule is N#CCCSc1ncc(-c2ccccc2)[nH]1. The van der Waals surface area contributed by atoms with Gasteiger partial charge >= 0.3 is 0 Å². The van der Waals surface area contributed by atoms with Gasteiger partial charge in [-0.05, 0) is 5.56 Å². The summed E-state index contributed by atoms with van der Waals surface area (Å²) in [5.41, 5.74) is 2.14. The number of nitriles is 1. The van der Waals surface area contributed by atoms with Crippen LogP contribution in [0.4, 0.5) is 0 Å². The van der Waals surface area contributed by atoms with Crippen LogP contribution in [0.2, 0.25) is 0 Å². The predicted molar refractivity (Wildman–Crippen MR) is 65.0 cm³/mol. The normalized spacial score (nSPS) is 9.94. The van der Waals surface area contributed by atoms with Crippen LogP contribution in [-0.4, -0.2) is 15.7 Å². The maximum Gasteiger partial charge on any atom is 0.165 e. The molecule has 16 heavy (non-hydrogen) atoms. The van der Waals surface area contributed by atoms with Crippen LogP contribution in [0.15, 0.2) is 41.7 Å². The second-order valence-corrected chi connectivity index (χ2v) is 4.31. The number of nitrogens with one attached hydrogen (secondary N) is 1. The molecule has 1 aromatic heterocycles. The Morgan fingerprint density at radius 2 is 2.12 bits per heavy atom. The fraction of sp³-hybridized carbons (Fsp3) is 0.167. The number of nitrogens with zero attached hydrogens (tertiary/aromatic N) is 2. The molecule has 0 aliphatic carbocycles. The van der Waals surface area contributed by atoms with E-state index in [4.69, 9.17) is 5.26 Å². The van der Waals surface area contributed by atoms with Gasteiger partial charge in [-0.3, -0.25) is 0 Å². The maximum absolute atomic E-state index is 8.43. The lowest BCUT2D eigenvalue weighted by molar-refractivity contribution is 1.06. The van der Waals surface area contributed by atoms with Crippen molar-refractivity contribution in [2.75, 3.05) is 5.75 Å². The maximum atomic E-state index is 8.43. The van der Waals surface area contributed by atoms with E-state index in [1.54, 1.807) is 11.8 Å². The highest BCUT2D eigenvalue weighted by molar-refractivity contribution is 7.99. The third kappa shape index (κ3) is 2.65. The summed E-state index contributed by atoms with van der Waals surface area (Å²) in [6, 6.07) is 12.2. The average Bonchev–Trinajstić information content (AvgIpc) is 2.79.